The molecular formula is C23H22N2O2. The first-order valence-corrected chi connectivity index (χ1v) is 8.96. The van der Waals surface area contributed by atoms with Crippen LogP contribution in [0.25, 0.3) is 0 Å². The zero-order chi connectivity index (χ0) is 19.0. The first-order valence-electron chi connectivity index (χ1n) is 8.96. The predicted molar refractivity (Wildman–Crippen MR) is 108 cm³/mol. The van der Waals surface area contributed by atoms with Gasteiger partial charge in [-0.25, -0.2) is 0 Å². The van der Waals surface area contributed by atoms with E-state index in [9.17, 15) is 4.79 Å². The summed E-state index contributed by atoms with van der Waals surface area (Å²) in [5.41, 5.74) is 2.44. The Morgan fingerprint density at radius 2 is 1.48 bits per heavy atom. The molecule has 1 aliphatic heterocycles. The highest BCUT2D eigenvalue weighted by molar-refractivity contribution is 6.09. The Morgan fingerprint density at radius 3 is 2.15 bits per heavy atom. The smallest absolute Gasteiger partial charge is 0.265 e. The normalized spacial score (nSPS) is 18.6. The molecular weight excluding hydrogens is 336 g/mol. The number of benzene rings is 3. The second-order valence-electron chi connectivity index (χ2n) is 7.00. The Balaban J connectivity index is 1.88. The number of carbonyl (C=O) groups excluding carboxylic acids is 1. The van der Waals surface area contributed by atoms with Gasteiger partial charge >= 0.3 is 0 Å². The summed E-state index contributed by atoms with van der Waals surface area (Å²) < 4.78 is 6.43. The van der Waals surface area contributed by atoms with E-state index < -0.39 is 5.72 Å². The molecule has 4 heteroatoms. The minimum atomic E-state index is -0.947. The summed E-state index contributed by atoms with van der Waals surface area (Å²) in [5.74, 6) is 0.538. The lowest BCUT2D eigenvalue weighted by Crippen LogP contribution is -2.55. The monoisotopic (exact) mass is 358 g/mol. The molecule has 1 amide bonds. The molecule has 0 aliphatic carbocycles. The molecule has 4 rings (SSSR count). The molecule has 1 atom stereocenters. The minimum Gasteiger partial charge on any atom is -0.463 e. The van der Waals surface area contributed by atoms with Crippen molar-refractivity contribution in [3.05, 3.63) is 90.0 Å². The van der Waals surface area contributed by atoms with Crippen LogP contribution in [-0.4, -0.2) is 20.0 Å². The van der Waals surface area contributed by atoms with Crippen molar-refractivity contribution in [2.45, 2.75) is 12.6 Å². The van der Waals surface area contributed by atoms with Gasteiger partial charge in [0.2, 0.25) is 5.72 Å². The van der Waals surface area contributed by atoms with Crippen molar-refractivity contribution in [2.75, 3.05) is 23.9 Å². The van der Waals surface area contributed by atoms with Gasteiger partial charge in [-0.1, -0.05) is 42.5 Å². The summed E-state index contributed by atoms with van der Waals surface area (Å²) in [4.78, 5) is 17.2. The van der Waals surface area contributed by atoms with E-state index in [-0.39, 0.29) is 5.91 Å². The first kappa shape index (κ1) is 17.2. The number of hydrogen-bond acceptors (Lipinski definition) is 3. The lowest BCUT2D eigenvalue weighted by molar-refractivity contribution is 0.0522. The van der Waals surface area contributed by atoms with E-state index in [1.54, 1.807) is 4.90 Å². The van der Waals surface area contributed by atoms with E-state index >= 15 is 0 Å². The lowest BCUT2D eigenvalue weighted by atomic mass is 9.97. The molecule has 0 spiro atoms. The van der Waals surface area contributed by atoms with Gasteiger partial charge in [-0.2, -0.15) is 0 Å². The summed E-state index contributed by atoms with van der Waals surface area (Å²) in [5, 5.41) is 0. The number of carbonyl (C=O) groups is 1. The molecule has 4 nitrogen and oxygen atoms in total. The van der Waals surface area contributed by atoms with Gasteiger partial charge in [0.25, 0.3) is 5.91 Å². The zero-order valence-corrected chi connectivity index (χ0v) is 15.7. The average molecular weight is 358 g/mol. The third kappa shape index (κ3) is 2.83. The third-order valence-electron chi connectivity index (χ3n) is 4.99. The zero-order valence-electron chi connectivity index (χ0n) is 15.7. The standard InChI is InChI=1S/C23H22N2O2/c1-23(17-13-15-18(16-14-17)24(2)3)25(19-9-5-4-6-10-19)22(26)20-11-7-8-12-21(20)27-23/h4-16H,1-3H3. The maximum absolute atomic E-state index is 13.4. The Morgan fingerprint density at radius 1 is 0.852 bits per heavy atom. The van der Waals surface area contributed by atoms with Crippen LogP contribution < -0.4 is 14.5 Å². The van der Waals surface area contributed by atoms with Crippen LogP contribution in [-0.2, 0) is 5.72 Å². The fourth-order valence-corrected chi connectivity index (χ4v) is 3.50. The second kappa shape index (κ2) is 6.47. The van der Waals surface area contributed by atoms with E-state index in [1.165, 1.54) is 0 Å². The highest BCUT2D eigenvalue weighted by Crippen LogP contribution is 2.42. The van der Waals surface area contributed by atoms with Crippen LogP contribution in [0, 0.1) is 0 Å². The number of anilines is 2. The maximum Gasteiger partial charge on any atom is 0.265 e. The third-order valence-corrected chi connectivity index (χ3v) is 4.99. The highest BCUT2D eigenvalue weighted by Gasteiger charge is 2.45. The van der Waals surface area contributed by atoms with Crippen LogP contribution in [0.2, 0.25) is 0 Å². The Labute approximate surface area is 159 Å². The molecule has 0 N–H and O–H groups in total. The van der Waals surface area contributed by atoms with Crippen LogP contribution in [0.1, 0.15) is 22.8 Å². The van der Waals surface area contributed by atoms with Crippen molar-refractivity contribution in [3.8, 4) is 5.75 Å². The number of para-hydroxylation sites is 2. The highest BCUT2D eigenvalue weighted by atomic mass is 16.5. The summed E-state index contributed by atoms with van der Waals surface area (Å²) >= 11 is 0. The largest absolute Gasteiger partial charge is 0.463 e. The van der Waals surface area contributed by atoms with Crippen molar-refractivity contribution in [1.29, 1.82) is 0 Å². The van der Waals surface area contributed by atoms with Crippen LogP contribution >= 0.6 is 0 Å². The van der Waals surface area contributed by atoms with Crippen LogP contribution in [0.4, 0.5) is 11.4 Å². The van der Waals surface area contributed by atoms with Crippen molar-refractivity contribution < 1.29 is 9.53 Å². The van der Waals surface area contributed by atoms with Gasteiger partial charge in [-0.15, -0.1) is 0 Å². The number of amides is 1. The van der Waals surface area contributed by atoms with E-state index in [2.05, 4.69) is 0 Å². The topological polar surface area (TPSA) is 32.8 Å². The molecule has 0 aromatic heterocycles. The number of rotatable bonds is 3. The maximum atomic E-state index is 13.4. The fraction of sp³-hybridized carbons (Fsp3) is 0.174. The van der Waals surface area contributed by atoms with Crippen LogP contribution in [0.3, 0.4) is 0 Å². The molecule has 1 unspecified atom stereocenters. The van der Waals surface area contributed by atoms with E-state index in [0.29, 0.717) is 11.3 Å². The molecule has 3 aromatic rings. The van der Waals surface area contributed by atoms with Crippen LogP contribution in [0.5, 0.6) is 5.75 Å². The van der Waals surface area contributed by atoms with E-state index in [4.69, 9.17) is 4.74 Å². The van der Waals surface area contributed by atoms with Gasteiger partial charge in [-0.05, 0) is 36.4 Å². The summed E-state index contributed by atoms with van der Waals surface area (Å²) in [6, 6.07) is 25.2. The summed E-state index contributed by atoms with van der Waals surface area (Å²) in [6.45, 7) is 1.94. The number of ether oxygens (including phenoxy) is 1. The molecule has 0 saturated carbocycles. The Bertz CT molecular complexity index is 967. The van der Waals surface area contributed by atoms with E-state index in [1.807, 2.05) is 105 Å². The minimum absolute atomic E-state index is 0.0674. The van der Waals surface area contributed by atoms with Gasteiger partial charge in [0.05, 0.1) is 5.56 Å². The molecule has 3 aromatic carbocycles. The fourth-order valence-electron chi connectivity index (χ4n) is 3.50. The number of fused-ring (bicyclic) bond motifs is 1. The Kier molecular flexibility index (Phi) is 4.11. The molecule has 1 heterocycles. The van der Waals surface area contributed by atoms with Gasteiger partial charge in [0, 0.05) is 38.0 Å². The van der Waals surface area contributed by atoms with E-state index in [0.717, 1.165) is 16.9 Å². The summed E-state index contributed by atoms with van der Waals surface area (Å²) in [7, 11) is 4.01. The number of nitrogens with zero attached hydrogens (tertiary/aromatic N) is 2. The molecule has 0 fully saturated rings. The quantitative estimate of drug-likeness (QED) is 0.682. The molecule has 136 valence electrons. The van der Waals surface area contributed by atoms with Crippen molar-refractivity contribution >= 4 is 17.3 Å². The average Bonchev–Trinajstić information content (AvgIpc) is 2.69. The van der Waals surface area contributed by atoms with Gasteiger partial charge in [0.1, 0.15) is 5.75 Å². The molecule has 0 bridgehead atoms. The lowest BCUT2D eigenvalue weighted by Gasteiger charge is -2.45. The first-order chi connectivity index (χ1) is 13.0. The van der Waals surface area contributed by atoms with Gasteiger partial charge in [-0.3, -0.25) is 9.69 Å². The van der Waals surface area contributed by atoms with Crippen molar-refractivity contribution in [3.63, 3.8) is 0 Å². The predicted octanol–water partition coefficient (Wildman–Crippen LogP) is 4.66. The number of hydrogen-bond donors (Lipinski definition) is 0. The van der Waals surface area contributed by atoms with Crippen LogP contribution in [0.15, 0.2) is 78.9 Å². The van der Waals surface area contributed by atoms with Gasteiger partial charge < -0.3 is 9.64 Å². The van der Waals surface area contributed by atoms with Crippen molar-refractivity contribution in [2.24, 2.45) is 0 Å². The molecule has 1 aliphatic rings. The van der Waals surface area contributed by atoms with Crippen molar-refractivity contribution in [1.82, 2.24) is 0 Å². The molecule has 0 radical (unpaired) electrons. The van der Waals surface area contributed by atoms with Gasteiger partial charge in [0.15, 0.2) is 0 Å². The Hall–Kier alpha value is -3.27. The SMILES string of the molecule is CN(C)c1ccc(C2(C)Oc3ccccc3C(=O)N2c2ccccc2)cc1. The summed E-state index contributed by atoms with van der Waals surface area (Å²) in [6.07, 6.45) is 0. The second-order valence-corrected chi connectivity index (χ2v) is 7.00. The molecule has 27 heavy (non-hydrogen) atoms. The molecule has 0 saturated heterocycles.